The molecular formula is C24H26ClN2O2+. The molecule has 5 heteroatoms. The lowest BCUT2D eigenvalue weighted by molar-refractivity contribution is -0.718. The molecule has 0 aliphatic heterocycles. The van der Waals surface area contributed by atoms with Crippen LogP contribution in [-0.2, 0) is 4.79 Å². The number of quaternary nitrogens is 1. The quantitative estimate of drug-likeness (QED) is 0.564. The van der Waals surface area contributed by atoms with Crippen molar-refractivity contribution >= 4 is 23.2 Å². The van der Waals surface area contributed by atoms with Crippen LogP contribution in [0.25, 0.3) is 0 Å². The minimum absolute atomic E-state index is 0.00166. The zero-order chi connectivity index (χ0) is 20.6. The Bertz CT molecular complexity index is 946. The third kappa shape index (κ3) is 5.37. The Labute approximate surface area is 176 Å². The van der Waals surface area contributed by atoms with Crippen molar-refractivity contribution in [2.24, 2.45) is 0 Å². The summed E-state index contributed by atoms with van der Waals surface area (Å²) in [6, 6.07) is 24.5. The summed E-state index contributed by atoms with van der Waals surface area (Å²) in [5, 5.41) is 5.77. The van der Waals surface area contributed by atoms with E-state index in [1.54, 1.807) is 0 Å². The molecule has 0 radical (unpaired) electrons. The number of nitrogens with one attached hydrogen (secondary N) is 1. The summed E-state index contributed by atoms with van der Waals surface area (Å²) in [7, 11) is 0. The molecule has 3 aromatic carbocycles. The molecular weight excluding hydrogens is 384 g/mol. The van der Waals surface area contributed by atoms with Gasteiger partial charge in [0.2, 0.25) is 0 Å². The molecule has 0 spiro atoms. The van der Waals surface area contributed by atoms with Crippen LogP contribution in [0.2, 0.25) is 5.02 Å². The summed E-state index contributed by atoms with van der Waals surface area (Å²) >= 11 is 6.38. The number of anilines is 1. The smallest absolute Gasteiger partial charge is 0.287 e. The van der Waals surface area contributed by atoms with Crippen molar-refractivity contribution in [2.45, 2.75) is 25.9 Å². The van der Waals surface area contributed by atoms with Crippen LogP contribution < -0.4 is 15.4 Å². The first kappa shape index (κ1) is 20.9. The molecule has 4 nitrogen and oxygen atoms in total. The minimum atomic E-state index is -0.433. The van der Waals surface area contributed by atoms with Gasteiger partial charge < -0.3 is 15.4 Å². The number of carbonyl (C=O) groups is 1. The van der Waals surface area contributed by atoms with Crippen molar-refractivity contribution in [2.75, 3.05) is 11.9 Å². The molecule has 29 heavy (non-hydrogen) atoms. The van der Waals surface area contributed by atoms with Crippen LogP contribution in [-0.4, -0.2) is 12.5 Å². The molecule has 0 bridgehead atoms. The maximum Gasteiger partial charge on any atom is 0.287 e. The number of halogens is 1. The number of ether oxygens (including phenoxy) is 1. The summed E-state index contributed by atoms with van der Waals surface area (Å²) in [5.74, 6) is 0.552. The summed E-state index contributed by atoms with van der Waals surface area (Å²) in [6.07, 6.45) is 0. The first-order valence-electron chi connectivity index (χ1n) is 9.77. The molecule has 1 amide bonds. The Morgan fingerprint density at radius 2 is 1.66 bits per heavy atom. The molecule has 150 valence electrons. The van der Waals surface area contributed by atoms with Crippen LogP contribution in [0.3, 0.4) is 0 Å². The number of nitrogens with two attached hydrogens (primary N) is 1. The number of amides is 1. The standard InChI is InChI=1S/C24H25ClN2O2/c1-3-29-22-16-10-9-15-21(22)27-24(28)23(18-11-5-4-6-12-18)26-17(2)19-13-7-8-14-20(19)25/h4-17,23,26H,3H2,1-2H3,(H,27,28)/p+1/t17-,23+/m1/s1. The van der Waals surface area contributed by atoms with Gasteiger partial charge in [0.1, 0.15) is 11.8 Å². The highest BCUT2D eigenvalue weighted by molar-refractivity contribution is 6.31. The summed E-state index contributed by atoms with van der Waals surface area (Å²) in [4.78, 5) is 13.3. The highest BCUT2D eigenvalue weighted by Crippen LogP contribution is 2.25. The Balaban J connectivity index is 1.86. The lowest BCUT2D eigenvalue weighted by Crippen LogP contribution is -2.87. The van der Waals surface area contributed by atoms with Crippen molar-refractivity contribution < 1.29 is 14.8 Å². The summed E-state index contributed by atoms with van der Waals surface area (Å²) in [5.41, 5.74) is 2.59. The fourth-order valence-corrected chi connectivity index (χ4v) is 3.62. The van der Waals surface area contributed by atoms with E-state index < -0.39 is 6.04 Å². The number of hydrogen-bond acceptors (Lipinski definition) is 2. The first-order chi connectivity index (χ1) is 14.1. The van der Waals surface area contributed by atoms with Gasteiger partial charge in [0.25, 0.3) is 5.91 Å². The Hall–Kier alpha value is -2.82. The van der Waals surface area contributed by atoms with E-state index in [4.69, 9.17) is 16.3 Å². The molecule has 0 saturated carbocycles. The van der Waals surface area contributed by atoms with E-state index in [2.05, 4.69) is 12.2 Å². The van der Waals surface area contributed by atoms with Gasteiger partial charge >= 0.3 is 0 Å². The van der Waals surface area contributed by atoms with Crippen molar-refractivity contribution in [1.82, 2.24) is 0 Å². The van der Waals surface area contributed by atoms with E-state index in [-0.39, 0.29) is 11.9 Å². The highest BCUT2D eigenvalue weighted by Gasteiger charge is 2.28. The molecule has 2 atom stereocenters. The van der Waals surface area contributed by atoms with Crippen molar-refractivity contribution in [3.63, 3.8) is 0 Å². The minimum Gasteiger partial charge on any atom is -0.492 e. The van der Waals surface area contributed by atoms with Gasteiger partial charge in [0.15, 0.2) is 6.04 Å². The lowest BCUT2D eigenvalue weighted by Gasteiger charge is -2.21. The van der Waals surface area contributed by atoms with Gasteiger partial charge in [-0.3, -0.25) is 4.79 Å². The second kappa shape index (κ2) is 10.1. The predicted molar refractivity (Wildman–Crippen MR) is 117 cm³/mol. The second-order valence-corrected chi connectivity index (χ2v) is 7.22. The molecule has 0 unspecified atom stereocenters. The van der Waals surface area contributed by atoms with E-state index >= 15 is 0 Å². The van der Waals surface area contributed by atoms with Crippen LogP contribution in [0.1, 0.15) is 37.1 Å². The third-order valence-electron chi connectivity index (χ3n) is 4.76. The van der Waals surface area contributed by atoms with E-state index in [0.717, 1.165) is 11.1 Å². The van der Waals surface area contributed by atoms with Crippen LogP contribution in [0.15, 0.2) is 78.9 Å². The zero-order valence-corrected chi connectivity index (χ0v) is 17.4. The fraction of sp³-hybridized carbons (Fsp3) is 0.208. The van der Waals surface area contributed by atoms with Gasteiger partial charge in [0.05, 0.1) is 12.3 Å². The van der Waals surface area contributed by atoms with Crippen LogP contribution >= 0.6 is 11.6 Å². The van der Waals surface area contributed by atoms with Crippen LogP contribution in [0.5, 0.6) is 5.75 Å². The van der Waals surface area contributed by atoms with Crippen LogP contribution in [0.4, 0.5) is 5.69 Å². The molecule has 0 fully saturated rings. The highest BCUT2D eigenvalue weighted by atomic mass is 35.5. The van der Waals surface area contributed by atoms with Gasteiger partial charge in [-0.2, -0.15) is 0 Å². The summed E-state index contributed by atoms with van der Waals surface area (Å²) in [6.45, 7) is 4.51. The van der Waals surface area contributed by atoms with Crippen molar-refractivity contribution in [1.29, 1.82) is 0 Å². The molecule has 0 saturated heterocycles. The molecule has 3 N–H and O–H groups in total. The first-order valence-corrected chi connectivity index (χ1v) is 10.1. The molecule has 3 aromatic rings. The molecule has 3 rings (SSSR count). The molecule has 0 aromatic heterocycles. The third-order valence-corrected chi connectivity index (χ3v) is 5.11. The predicted octanol–water partition coefficient (Wildman–Crippen LogP) is 4.74. The molecule has 0 heterocycles. The Morgan fingerprint density at radius 1 is 1.00 bits per heavy atom. The fourth-order valence-electron chi connectivity index (χ4n) is 3.31. The largest absolute Gasteiger partial charge is 0.492 e. The van der Waals surface area contributed by atoms with E-state index in [1.165, 1.54) is 0 Å². The van der Waals surface area contributed by atoms with Crippen LogP contribution in [0, 0.1) is 0 Å². The molecule has 0 aliphatic rings. The summed E-state index contributed by atoms with van der Waals surface area (Å²) < 4.78 is 5.65. The van der Waals surface area contributed by atoms with Gasteiger partial charge in [-0.15, -0.1) is 0 Å². The van der Waals surface area contributed by atoms with Gasteiger partial charge in [0, 0.05) is 16.1 Å². The SMILES string of the molecule is CCOc1ccccc1NC(=O)[C@@H]([NH2+][C@H](C)c1ccccc1Cl)c1ccccc1. The maximum absolute atomic E-state index is 13.3. The second-order valence-electron chi connectivity index (χ2n) is 6.81. The lowest BCUT2D eigenvalue weighted by atomic mass is 10.0. The normalized spacial score (nSPS) is 12.8. The average molecular weight is 410 g/mol. The van der Waals surface area contributed by atoms with E-state index in [0.29, 0.717) is 23.1 Å². The monoisotopic (exact) mass is 409 g/mol. The van der Waals surface area contributed by atoms with Gasteiger partial charge in [-0.05, 0) is 32.0 Å². The van der Waals surface area contributed by atoms with Crippen molar-refractivity contribution in [3.8, 4) is 5.75 Å². The number of hydrogen-bond donors (Lipinski definition) is 2. The number of rotatable bonds is 8. The van der Waals surface area contributed by atoms with Gasteiger partial charge in [-0.25, -0.2) is 0 Å². The topological polar surface area (TPSA) is 54.9 Å². The number of para-hydroxylation sites is 2. The van der Waals surface area contributed by atoms with Gasteiger partial charge in [-0.1, -0.05) is 72.3 Å². The van der Waals surface area contributed by atoms with Crippen molar-refractivity contribution in [3.05, 3.63) is 95.0 Å². The Kier molecular flexibility index (Phi) is 7.28. The van der Waals surface area contributed by atoms with E-state index in [9.17, 15) is 4.79 Å². The number of carbonyl (C=O) groups excluding carboxylic acids is 1. The zero-order valence-electron chi connectivity index (χ0n) is 16.6. The maximum atomic E-state index is 13.3. The average Bonchev–Trinajstić information content (AvgIpc) is 2.74. The molecule has 0 aliphatic carbocycles. The number of benzene rings is 3. The van der Waals surface area contributed by atoms with E-state index in [1.807, 2.05) is 91.1 Å². The Morgan fingerprint density at radius 3 is 2.38 bits per heavy atom.